The average molecular weight is 538 g/mol. The summed E-state index contributed by atoms with van der Waals surface area (Å²) in [5, 5.41) is 29.7. The van der Waals surface area contributed by atoms with E-state index in [2.05, 4.69) is 0 Å². The number of aliphatic carboxylic acids is 4. The van der Waals surface area contributed by atoms with Gasteiger partial charge in [-0.2, -0.15) is 0 Å². The molecule has 0 heterocycles. The van der Waals surface area contributed by atoms with E-state index in [0.717, 1.165) is 27.7 Å². The molecule has 10 nitrogen and oxygen atoms in total. The van der Waals surface area contributed by atoms with Crippen molar-refractivity contribution in [1.82, 2.24) is 0 Å². The van der Waals surface area contributed by atoms with Gasteiger partial charge in [-0.3, -0.25) is 19.2 Å². The van der Waals surface area contributed by atoms with Crippen molar-refractivity contribution in [3.63, 3.8) is 0 Å². The molecule has 0 fully saturated rings. The average Bonchev–Trinajstić information content (AvgIpc) is 2.13. The van der Waals surface area contributed by atoms with Crippen LogP contribution in [0.4, 0.5) is 0 Å². The van der Waals surface area contributed by atoms with E-state index < -0.39 is 23.9 Å². The summed E-state index contributed by atoms with van der Waals surface area (Å²) in [5.74, 6) is -3.33. The number of carboxylic acid groups (broad SMARTS) is 4. The quantitative estimate of drug-likeness (QED) is 0.225. The maximum absolute atomic E-state index is 9.00. The Balaban J connectivity index is -0.0000000134. The van der Waals surface area contributed by atoms with Gasteiger partial charge in [0.2, 0.25) is 0 Å². The minimum atomic E-state index is -0.833. The SMILES string of the molecule is Br.CC(=O)O.CC(=O)O.CC(=O)O.CC(=O)O.Cl.NCCN.[Fe].[KH].[NaH]. The molecule has 0 aromatic rings. The van der Waals surface area contributed by atoms with Crippen molar-refractivity contribution >= 4 is 134 Å². The molecule has 15 heteroatoms. The molecule has 8 N–H and O–H groups in total. The summed E-state index contributed by atoms with van der Waals surface area (Å²) in [6.45, 7) is 5.53. The van der Waals surface area contributed by atoms with E-state index >= 15 is 0 Å². The molecule has 0 radical (unpaired) electrons. The molecule has 0 bridgehead atoms. The van der Waals surface area contributed by atoms with Crippen molar-refractivity contribution in [2.75, 3.05) is 13.1 Å². The van der Waals surface area contributed by atoms with E-state index in [1.54, 1.807) is 0 Å². The van der Waals surface area contributed by atoms with Gasteiger partial charge in [0.15, 0.2) is 0 Å². The summed E-state index contributed by atoms with van der Waals surface area (Å²) in [7, 11) is 0. The van der Waals surface area contributed by atoms with Crippen LogP contribution in [0.2, 0.25) is 0 Å². The standard InChI is InChI=1S/C2H8N2.4C2H4O2.BrH.ClH.Fe.K.Na.2H/c3-1-2-4;4*1-2(3)4;;;;;;;/h1-4H2;4*1H3,(H,3,4);2*1H;;;;;. The van der Waals surface area contributed by atoms with Gasteiger partial charge in [0, 0.05) is 57.9 Å². The Morgan fingerprint density at radius 2 is 0.720 bits per heavy atom. The third-order valence-electron chi connectivity index (χ3n) is 0.167. The van der Waals surface area contributed by atoms with E-state index in [4.69, 9.17) is 51.1 Å². The van der Waals surface area contributed by atoms with E-state index in [1.807, 2.05) is 0 Å². The molecule has 0 aliphatic carbocycles. The maximum atomic E-state index is 9.00. The molecular weight excluding hydrogens is 509 g/mol. The normalized spacial score (nSPS) is 5.20. The van der Waals surface area contributed by atoms with Gasteiger partial charge < -0.3 is 31.9 Å². The first-order valence-corrected chi connectivity index (χ1v) is 5.03. The minimum absolute atomic E-state index is 0. The van der Waals surface area contributed by atoms with Crippen molar-refractivity contribution in [1.29, 1.82) is 0 Å². The molecule has 0 aromatic carbocycles. The Hall–Kier alpha value is 1.73. The monoisotopic (exact) mass is 536 g/mol. The Bertz CT molecular complexity index is 219. The number of carboxylic acids is 4. The Morgan fingerprint density at radius 3 is 0.720 bits per heavy atom. The summed E-state index contributed by atoms with van der Waals surface area (Å²) < 4.78 is 0. The van der Waals surface area contributed by atoms with Crippen LogP contribution >= 0.6 is 29.4 Å². The molecule has 0 atom stereocenters. The van der Waals surface area contributed by atoms with Crippen LogP contribution in [0.5, 0.6) is 0 Å². The zero-order valence-corrected chi connectivity index (χ0v) is 16.8. The summed E-state index contributed by atoms with van der Waals surface area (Å²) in [4.78, 5) is 36.0. The van der Waals surface area contributed by atoms with Crippen LogP contribution in [-0.4, -0.2) is 138 Å². The third-order valence-corrected chi connectivity index (χ3v) is 0.167. The van der Waals surface area contributed by atoms with Gasteiger partial charge in [-0.05, 0) is 0 Å². The molecule has 0 amide bonds. The van der Waals surface area contributed by atoms with Crippen LogP contribution in [0.3, 0.4) is 0 Å². The number of hydrogen-bond donors (Lipinski definition) is 6. The van der Waals surface area contributed by atoms with E-state index in [-0.39, 0.29) is 127 Å². The van der Waals surface area contributed by atoms with Crippen molar-refractivity contribution in [3.05, 3.63) is 0 Å². The fraction of sp³-hybridized carbons (Fsp3) is 0.600. The first kappa shape index (κ1) is 63.2. The molecule has 150 valence electrons. The van der Waals surface area contributed by atoms with Gasteiger partial charge in [-0.15, -0.1) is 29.4 Å². The zero-order chi connectivity index (χ0) is 17.7. The first-order chi connectivity index (χ1) is 8.84. The van der Waals surface area contributed by atoms with Crippen LogP contribution in [-0.2, 0) is 36.2 Å². The molecule has 0 aromatic heterocycles. The zero-order valence-electron chi connectivity index (χ0n) is 13.2. The topological polar surface area (TPSA) is 201 Å². The third kappa shape index (κ3) is 1950. The van der Waals surface area contributed by atoms with Gasteiger partial charge in [-0.1, -0.05) is 0 Å². The molecule has 0 saturated heterocycles. The van der Waals surface area contributed by atoms with E-state index in [1.165, 1.54) is 0 Å². The van der Waals surface area contributed by atoms with Crippen LogP contribution < -0.4 is 11.5 Å². The first-order valence-electron chi connectivity index (χ1n) is 5.03. The van der Waals surface area contributed by atoms with Gasteiger partial charge in [0.05, 0.1) is 0 Å². The fourth-order valence-corrected chi connectivity index (χ4v) is 0. The van der Waals surface area contributed by atoms with E-state index in [0.29, 0.717) is 13.1 Å². The number of hydrogen-bond acceptors (Lipinski definition) is 6. The predicted octanol–water partition coefficient (Wildman–Crippen LogP) is -1.03. The number of nitrogens with two attached hydrogens (primary N) is 2. The molecular formula is C10H28BrClFeKN2NaO8. The Morgan fingerprint density at radius 1 is 0.680 bits per heavy atom. The summed E-state index contributed by atoms with van der Waals surface area (Å²) in [5.41, 5.74) is 9.81. The van der Waals surface area contributed by atoms with Gasteiger partial charge >= 0.3 is 80.9 Å². The second-order valence-corrected chi connectivity index (χ2v) is 2.65. The second-order valence-electron chi connectivity index (χ2n) is 2.65. The van der Waals surface area contributed by atoms with Gasteiger partial charge in [0.25, 0.3) is 23.9 Å². The van der Waals surface area contributed by atoms with Crippen LogP contribution in [0.15, 0.2) is 0 Å². The Labute approximate surface area is 239 Å². The molecule has 25 heavy (non-hydrogen) atoms. The molecule has 0 saturated carbocycles. The molecule has 0 spiro atoms. The van der Waals surface area contributed by atoms with Crippen molar-refractivity contribution < 1.29 is 56.7 Å². The predicted molar refractivity (Wildman–Crippen MR) is 103 cm³/mol. The van der Waals surface area contributed by atoms with Gasteiger partial charge in [-0.25, -0.2) is 0 Å². The number of carbonyl (C=O) groups is 4. The number of halogens is 2. The Kier molecular flexibility index (Phi) is 161. The van der Waals surface area contributed by atoms with Crippen LogP contribution in [0.25, 0.3) is 0 Å². The van der Waals surface area contributed by atoms with E-state index in [9.17, 15) is 0 Å². The number of rotatable bonds is 1. The van der Waals surface area contributed by atoms with Crippen molar-refractivity contribution in [2.24, 2.45) is 11.5 Å². The molecule has 0 aliphatic heterocycles. The summed E-state index contributed by atoms with van der Waals surface area (Å²) in [6, 6.07) is 0. The van der Waals surface area contributed by atoms with Crippen LogP contribution in [0, 0.1) is 0 Å². The van der Waals surface area contributed by atoms with Gasteiger partial charge in [0.1, 0.15) is 0 Å². The van der Waals surface area contributed by atoms with Crippen LogP contribution in [0.1, 0.15) is 27.7 Å². The fourth-order valence-electron chi connectivity index (χ4n) is 0. The van der Waals surface area contributed by atoms with Crippen molar-refractivity contribution in [2.45, 2.75) is 27.7 Å². The molecule has 0 unspecified atom stereocenters. The second kappa shape index (κ2) is 63.6. The summed E-state index contributed by atoms with van der Waals surface area (Å²) in [6.07, 6.45) is 0. The molecule has 0 rings (SSSR count). The van der Waals surface area contributed by atoms with Crippen molar-refractivity contribution in [3.8, 4) is 0 Å². The summed E-state index contributed by atoms with van der Waals surface area (Å²) >= 11 is 0. The molecule has 0 aliphatic rings.